The van der Waals surface area contributed by atoms with Crippen LogP contribution in [0.3, 0.4) is 0 Å². The molecule has 2 aliphatic rings. The molecule has 1 saturated carbocycles. The van der Waals surface area contributed by atoms with Gasteiger partial charge in [-0.2, -0.15) is 0 Å². The van der Waals surface area contributed by atoms with E-state index in [9.17, 15) is 4.79 Å². The zero-order valence-electron chi connectivity index (χ0n) is 11.7. The number of hydrogen-bond donors (Lipinski definition) is 0. The summed E-state index contributed by atoms with van der Waals surface area (Å²) in [6, 6.07) is 8.24. The summed E-state index contributed by atoms with van der Waals surface area (Å²) >= 11 is 0. The predicted molar refractivity (Wildman–Crippen MR) is 78.4 cm³/mol. The smallest absolute Gasteiger partial charge is 0.166 e. The first-order valence-electron chi connectivity index (χ1n) is 7.96. The molecule has 1 heteroatoms. The molecule has 0 aliphatic heterocycles. The Bertz CT molecular complexity index is 443. The molecule has 0 aromatic heterocycles. The Morgan fingerprint density at radius 3 is 2.58 bits per heavy atom. The van der Waals surface area contributed by atoms with E-state index in [-0.39, 0.29) is 0 Å². The molecule has 0 spiro atoms. The van der Waals surface area contributed by atoms with Gasteiger partial charge in [-0.15, -0.1) is 0 Å². The van der Waals surface area contributed by atoms with E-state index in [0.717, 1.165) is 30.7 Å². The van der Waals surface area contributed by atoms with Crippen LogP contribution < -0.4 is 0 Å². The van der Waals surface area contributed by atoms with E-state index < -0.39 is 0 Å². The lowest BCUT2D eigenvalue weighted by Crippen LogP contribution is -2.15. The van der Waals surface area contributed by atoms with Crippen molar-refractivity contribution in [2.24, 2.45) is 11.8 Å². The standard InChI is InChI=1S/C18H24O/c19-18-16(13-12-14-6-1-2-7-14)10-5-9-15-8-3-4-11-17(15)18/h3-4,8,11,14,16H,1-2,5-7,9-10,12-13H2. The van der Waals surface area contributed by atoms with Gasteiger partial charge >= 0.3 is 0 Å². The van der Waals surface area contributed by atoms with Gasteiger partial charge in [-0.25, -0.2) is 0 Å². The normalized spacial score (nSPS) is 24.2. The summed E-state index contributed by atoms with van der Waals surface area (Å²) in [5.41, 5.74) is 2.28. The molecule has 0 N–H and O–H groups in total. The van der Waals surface area contributed by atoms with Gasteiger partial charge in [0.15, 0.2) is 5.78 Å². The Morgan fingerprint density at radius 1 is 0.947 bits per heavy atom. The molecule has 1 aromatic rings. The molecule has 3 rings (SSSR count). The van der Waals surface area contributed by atoms with Crippen LogP contribution in [0.15, 0.2) is 24.3 Å². The molecule has 0 saturated heterocycles. The van der Waals surface area contributed by atoms with Crippen LogP contribution in [0.25, 0.3) is 0 Å². The largest absolute Gasteiger partial charge is 0.294 e. The fourth-order valence-corrected chi connectivity index (χ4v) is 3.88. The quantitative estimate of drug-likeness (QED) is 0.710. The third-order valence-electron chi connectivity index (χ3n) is 5.05. The van der Waals surface area contributed by atoms with E-state index in [0.29, 0.717) is 11.7 Å². The van der Waals surface area contributed by atoms with Crippen molar-refractivity contribution in [1.82, 2.24) is 0 Å². The lowest BCUT2D eigenvalue weighted by atomic mass is 9.87. The predicted octanol–water partition coefficient (Wildman–Crippen LogP) is 4.79. The van der Waals surface area contributed by atoms with Crippen molar-refractivity contribution in [2.75, 3.05) is 0 Å². The first-order chi connectivity index (χ1) is 9.34. The number of carbonyl (C=O) groups excluding carboxylic acids is 1. The summed E-state index contributed by atoms with van der Waals surface area (Å²) in [4.78, 5) is 12.6. The van der Waals surface area contributed by atoms with Crippen LogP contribution in [0.4, 0.5) is 0 Å². The highest BCUT2D eigenvalue weighted by molar-refractivity contribution is 5.99. The van der Waals surface area contributed by atoms with E-state index in [1.54, 1.807) is 0 Å². The van der Waals surface area contributed by atoms with Gasteiger partial charge in [-0.05, 0) is 43.6 Å². The Balaban J connectivity index is 1.67. The Labute approximate surface area is 116 Å². The summed E-state index contributed by atoms with van der Waals surface area (Å²) in [5.74, 6) is 1.63. The number of carbonyl (C=O) groups is 1. The summed E-state index contributed by atoms with van der Waals surface area (Å²) in [6.45, 7) is 0. The molecule has 0 bridgehead atoms. The molecule has 2 aliphatic carbocycles. The Hall–Kier alpha value is -1.11. The SMILES string of the molecule is O=C1c2ccccc2CCCC1CCC1CCCC1. The molecular formula is C18H24O. The molecule has 0 amide bonds. The van der Waals surface area contributed by atoms with Crippen molar-refractivity contribution in [3.05, 3.63) is 35.4 Å². The molecule has 1 aromatic carbocycles. The second-order valence-corrected chi connectivity index (χ2v) is 6.34. The average Bonchev–Trinajstić information content (AvgIpc) is 2.90. The first-order valence-corrected chi connectivity index (χ1v) is 7.96. The van der Waals surface area contributed by atoms with Crippen LogP contribution in [-0.4, -0.2) is 5.78 Å². The van der Waals surface area contributed by atoms with E-state index in [1.807, 2.05) is 12.1 Å². The van der Waals surface area contributed by atoms with Gasteiger partial charge in [0.25, 0.3) is 0 Å². The summed E-state index contributed by atoms with van der Waals surface area (Å²) in [5, 5.41) is 0. The zero-order valence-corrected chi connectivity index (χ0v) is 11.7. The minimum atomic E-state index is 0.296. The topological polar surface area (TPSA) is 17.1 Å². The van der Waals surface area contributed by atoms with E-state index in [4.69, 9.17) is 0 Å². The number of fused-ring (bicyclic) bond motifs is 1. The van der Waals surface area contributed by atoms with E-state index >= 15 is 0 Å². The number of aryl methyl sites for hydroxylation is 1. The molecule has 102 valence electrons. The first kappa shape index (κ1) is 12.9. The number of ketones is 1. The summed E-state index contributed by atoms with van der Waals surface area (Å²) in [6.07, 6.45) is 11.4. The maximum absolute atomic E-state index is 12.6. The average molecular weight is 256 g/mol. The van der Waals surface area contributed by atoms with Crippen molar-refractivity contribution < 1.29 is 4.79 Å². The van der Waals surface area contributed by atoms with Crippen LogP contribution in [0, 0.1) is 11.8 Å². The maximum Gasteiger partial charge on any atom is 0.166 e. The maximum atomic E-state index is 12.6. The molecular weight excluding hydrogens is 232 g/mol. The van der Waals surface area contributed by atoms with Gasteiger partial charge in [-0.1, -0.05) is 49.9 Å². The Kier molecular flexibility index (Phi) is 4.00. The second-order valence-electron chi connectivity index (χ2n) is 6.34. The summed E-state index contributed by atoms with van der Waals surface area (Å²) in [7, 11) is 0. The zero-order chi connectivity index (χ0) is 13.1. The highest BCUT2D eigenvalue weighted by Crippen LogP contribution is 2.33. The molecule has 19 heavy (non-hydrogen) atoms. The van der Waals surface area contributed by atoms with Crippen LogP contribution in [0.1, 0.15) is 67.3 Å². The molecule has 1 nitrogen and oxygen atoms in total. The van der Waals surface area contributed by atoms with Crippen LogP contribution in [-0.2, 0) is 6.42 Å². The number of Topliss-reactive ketones (excluding diaryl/α,β-unsaturated/α-hetero) is 1. The third-order valence-corrected chi connectivity index (χ3v) is 5.05. The van der Waals surface area contributed by atoms with Crippen molar-refractivity contribution in [2.45, 2.75) is 57.8 Å². The van der Waals surface area contributed by atoms with Gasteiger partial charge in [-0.3, -0.25) is 4.79 Å². The van der Waals surface area contributed by atoms with Crippen molar-refractivity contribution >= 4 is 5.78 Å². The number of benzene rings is 1. The van der Waals surface area contributed by atoms with Gasteiger partial charge in [0.05, 0.1) is 0 Å². The fraction of sp³-hybridized carbons (Fsp3) is 0.611. The lowest BCUT2D eigenvalue weighted by molar-refractivity contribution is 0.0904. The van der Waals surface area contributed by atoms with Gasteiger partial charge in [0.1, 0.15) is 0 Å². The van der Waals surface area contributed by atoms with Crippen molar-refractivity contribution in [1.29, 1.82) is 0 Å². The van der Waals surface area contributed by atoms with Gasteiger partial charge in [0, 0.05) is 11.5 Å². The van der Waals surface area contributed by atoms with E-state index in [2.05, 4.69) is 12.1 Å². The molecule has 1 unspecified atom stereocenters. The molecule has 1 atom stereocenters. The van der Waals surface area contributed by atoms with Crippen LogP contribution >= 0.6 is 0 Å². The highest BCUT2D eigenvalue weighted by Gasteiger charge is 2.26. The third kappa shape index (κ3) is 2.91. The number of hydrogen-bond acceptors (Lipinski definition) is 1. The van der Waals surface area contributed by atoms with Gasteiger partial charge < -0.3 is 0 Å². The lowest BCUT2D eigenvalue weighted by Gasteiger charge is -2.16. The van der Waals surface area contributed by atoms with Crippen LogP contribution in [0.2, 0.25) is 0 Å². The summed E-state index contributed by atoms with van der Waals surface area (Å²) < 4.78 is 0. The Morgan fingerprint density at radius 2 is 1.74 bits per heavy atom. The van der Waals surface area contributed by atoms with Crippen LogP contribution in [0.5, 0.6) is 0 Å². The van der Waals surface area contributed by atoms with E-state index in [1.165, 1.54) is 44.1 Å². The van der Waals surface area contributed by atoms with Gasteiger partial charge in [0.2, 0.25) is 0 Å². The monoisotopic (exact) mass is 256 g/mol. The fourth-order valence-electron chi connectivity index (χ4n) is 3.88. The highest BCUT2D eigenvalue weighted by atomic mass is 16.1. The molecule has 1 fully saturated rings. The molecule has 0 heterocycles. The minimum absolute atomic E-state index is 0.296. The minimum Gasteiger partial charge on any atom is -0.294 e. The molecule has 0 radical (unpaired) electrons. The van der Waals surface area contributed by atoms with Crippen molar-refractivity contribution in [3.8, 4) is 0 Å². The van der Waals surface area contributed by atoms with Crippen molar-refractivity contribution in [3.63, 3.8) is 0 Å². The number of rotatable bonds is 3. The second kappa shape index (κ2) is 5.90.